The number of likely N-dealkylation sites (tertiary alicyclic amines) is 1. The van der Waals surface area contributed by atoms with Crippen LogP contribution in [0.25, 0.3) is 16.6 Å². The van der Waals surface area contributed by atoms with Gasteiger partial charge in [0.15, 0.2) is 10.8 Å². The highest BCUT2D eigenvalue weighted by molar-refractivity contribution is 7.99. The monoisotopic (exact) mass is 487 g/mol. The molecule has 2 aromatic heterocycles. The fourth-order valence-electron chi connectivity index (χ4n) is 4.69. The molecule has 8 heteroatoms. The van der Waals surface area contributed by atoms with Crippen LogP contribution < -0.4 is 5.32 Å². The normalized spacial score (nSPS) is 14.5. The number of carbonyl (C=O) groups excluding carboxylic acids is 2. The highest BCUT2D eigenvalue weighted by atomic mass is 32.2. The number of benzene rings is 2. The van der Waals surface area contributed by atoms with Gasteiger partial charge in [0.05, 0.1) is 11.3 Å². The number of aromatic nitrogens is 3. The molecule has 0 aliphatic carbocycles. The van der Waals surface area contributed by atoms with E-state index in [0.717, 1.165) is 34.2 Å². The van der Waals surface area contributed by atoms with Gasteiger partial charge in [0.2, 0.25) is 11.8 Å². The molecule has 0 unspecified atom stereocenters. The number of amides is 2. The summed E-state index contributed by atoms with van der Waals surface area (Å²) in [5.41, 5.74) is 5.01. The molecule has 0 spiro atoms. The van der Waals surface area contributed by atoms with Crippen LogP contribution in [0.5, 0.6) is 0 Å². The number of anilines is 1. The first-order chi connectivity index (χ1) is 17.0. The summed E-state index contributed by atoms with van der Waals surface area (Å²) in [4.78, 5) is 27.5. The lowest BCUT2D eigenvalue weighted by Crippen LogP contribution is -2.42. The van der Waals surface area contributed by atoms with E-state index in [2.05, 4.69) is 47.6 Å². The van der Waals surface area contributed by atoms with Crippen molar-refractivity contribution in [2.45, 2.75) is 38.3 Å². The fraction of sp³-hybridized carbons (Fsp3) is 0.333. The maximum absolute atomic E-state index is 12.9. The quantitative estimate of drug-likeness (QED) is 0.398. The van der Waals surface area contributed by atoms with Gasteiger partial charge in [-0.2, -0.15) is 0 Å². The molecule has 1 fully saturated rings. The van der Waals surface area contributed by atoms with Crippen molar-refractivity contribution in [1.82, 2.24) is 19.5 Å². The third-order valence-corrected chi connectivity index (χ3v) is 7.63. The van der Waals surface area contributed by atoms with Crippen LogP contribution in [0, 0.1) is 12.8 Å². The number of aryl methyl sites for hydroxylation is 2. The smallest absolute Gasteiger partial charge is 0.233 e. The van der Waals surface area contributed by atoms with Crippen molar-refractivity contribution in [3.8, 4) is 0 Å². The second kappa shape index (κ2) is 10.1. The van der Waals surface area contributed by atoms with Crippen LogP contribution in [0.3, 0.4) is 0 Å². The number of hydrogen-bond donors (Lipinski definition) is 1. The molecule has 4 aromatic rings. The van der Waals surface area contributed by atoms with Crippen molar-refractivity contribution >= 4 is 45.8 Å². The first-order valence-electron chi connectivity index (χ1n) is 12.1. The van der Waals surface area contributed by atoms with Gasteiger partial charge in [-0.25, -0.2) is 0 Å². The number of thioether (sulfide) groups is 1. The Labute approximate surface area is 208 Å². The van der Waals surface area contributed by atoms with Crippen molar-refractivity contribution in [1.29, 1.82) is 0 Å². The van der Waals surface area contributed by atoms with Crippen LogP contribution in [-0.2, 0) is 16.0 Å². The molecule has 5 rings (SSSR count). The van der Waals surface area contributed by atoms with Crippen LogP contribution in [0.15, 0.2) is 59.8 Å². The Kier molecular flexibility index (Phi) is 6.72. The summed E-state index contributed by atoms with van der Waals surface area (Å²) in [5, 5.41) is 13.6. The highest BCUT2D eigenvalue weighted by Gasteiger charge is 2.27. The molecule has 7 nitrogen and oxygen atoms in total. The summed E-state index contributed by atoms with van der Waals surface area (Å²) in [7, 11) is 0. The van der Waals surface area contributed by atoms with Crippen LogP contribution >= 0.6 is 11.8 Å². The molecule has 1 saturated heterocycles. The lowest BCUT2D eigenvalue weighted by Gasteiger charge is -2.31. The lowest BCUT2D eigenvalue weighted by atomic mass is 9.95. The van der Waals surface area contributed by atoms with E-state index in [1.165, 1.54) is 17.3 Å². The summed E-state index contributed by atoms with van der Waals surface area (Å²) in [6.07, 6.45) is 2.28. The second-order valence-electron chi connectivity index (χ2n) is 9.01. The average molecular weight is 488 g/mol. The van der Waals surface area contributed by atoms with Crippen molar-refractivity contribution in [2.24, 2.45) is 5.92 Å². The van der Waals surface area contributed by atoms with Gasteiger partial charge in [-0.05, 0) is 61.6 Å². The summed E-state index contributed by atoms with van der Waals surface area (Å²) in [5.74, 6) is 0.325. The topological polar surface area (TPSA) is 79.6 Å². The minimum atomic E-state index is -0.0768. The SMILES string of the molecule is CCc1cccc(NC(=O)C2CCN(C(=O)CSc3nnc4cc(C)c5ccccc5n34)CC2)c1. The van der Waals surface area contributed by atoms with Crippen LogP contribution in [0.1, 0.15) is 30.9 Å². The minimum absolute atomic E-state index is 0.0387. The van der Waals surface area contributed by atoms with E-state index >= 15 is 0 Å². The van der Waals surface area contributed by atoms with Crippen molar-refractivity contribution < 1.29 is 9.59 Å². The number of fused-ring (bicyclic) bond motifs is 3. The van der Waals surface area contributed by atoms with Gasteiger partial charge in [0.1, 0.15) is 0 Å². The number of pyridine rings is 1. The average Bonchev–Trinajstić information content (AvgIpc) is 3.30. The molecule has 35 heavy (non-hydrogen) atoms. The molecule has 0 saturated carbocycles. The molecule has 0 atom stereocenters. The first kappa shape index (κ1) is 23.4. The number of para-hydroxylation sites is 1. The molecule has 1 N–H and O–H groups in total. The maximum atomic E-state index is 12.9. The van der Waals surface area contributed by atoms with Gasteiger partial charge in [-0.3, -0.25) is 14.0 Å². The van der Waals surface area contributed by atoms with Crippen molar-refractivity contribution in [3.63, 3.8) is 0 Å². The van der Waals surface area contributed by atoms with Crippen molar-refractivity contribution in [3.05, 3.63) is 65.7 Å². The van der Waals surface area contributed by atoms with E-state index in [1.54, 1.807) is 0 Å². The molecular formula is C27H29N5O2S. The zero-order valence-corrected chi connectivity index (χ0v) is 20.8. The number of piperidine rings is 1. The summed E-state index contributed by atoms with van der Waals surface area (Å²) < 4.78 is 2.02. The Morgan fingerprint density at radius 3 is 2.66 bits per heavy atom. The Bertz CT molecular complexity index is 1390. The zero-order valence-electron chi connectivity index (χ0n) is 20.0. The Balaban J connectivity index is 1.18. The number of hydrogen-bond acceptors (Lipinski definition) is 5. The molecule has 1 aliphatic heterocycles. The number of rotatable bonds is 6. The predicted molar refractivity (Wildman–Crippen MR) is 140 cm³/mol. The standard InChI is InChI=1S/C27H29N5O2S/c1-3-19-7-6-8-21(16-19)28-26(34)20-11-13-31(14-12-20)25(33)17-35-27-30-29-24-15-18(2)22-9-4-5-10-23(22)32(24)27/h4-10,15-16,20H,3,11-14,17H2,1-2H3,(H,28,34). The van der Waals surface area contributed by atoms with E-state index in [1.807, 2.05) is 45.7 Å². The largest absolute Gasteiger partial charge is 0.342 e. The summed E-state index contributed by atoms with van der Waals surface area (Å²) in [6, 6.07) is 18.2. The maximum Gasteiger partial charge on any atom is 0.233 e. The molecule has 0 radical (unpaired) electrons. The third-order valence-electron chi connectivity index (χ3n) is 6.72. The van der Waals surface area contributed by atoms with E-state index in [9.17, 15) is 9.59 Å². The fourth-order valence-corrected chi connectivity index (χ4v) is 5.54. The number of carbonyl (C=O) groups is 2. The lowest BCUT2D eigenvalue weighted by molar-refractivity contribution is -0.132. The van der Waals surface area contributed by atoms with Gasteiger partial charge in [0, 0.05) is 30.1 Å². The zero-order chi connectivity index (χ0) is 24.4. The Morgan fingerprint density at radius 1 is 1.06 bits per heavy atom. The van der Waals surface area contributed by atoms with Crippen molar-refractivity contribution in [2.75, 3.05) is 24.2 Å². The van der Waals surface area contributed by atoms with Gasteiger partial charge < -0.3 is 10.2 Å². The van der Waals surface area contributed by atoms with Gasteiger partial charge >= 0.3 is 0 Å². The molecule has 3 heterocycles. The molecule has 1 aliphatic rings. The summed E-state index contributed by atoms with van der Waals surface area (Å²) in [6.45, 7) is 5.35. The Morgan fingerprint density at radius 2 is 1.86 bits per heavy atom. The predicted octanol–water partition coefficient (Wildman–Crippen LogP) is 4.72. The number of nitrogens with zero attached hydrogens (tertiary/aromatic N) is 4. The van der Waals surface area contributed by atoms with E-state index < -0.39 is 0 Å². The first-order valence-corrected chi connectivity index (χ1v) is 13.1. The minimum Gasteiger partial charge on any atom is -0.342 e. The van der Waals surface area contributed by atoms with E-state index in [0.29, 0.717) is 36.8 Å². The van der Waals surface area contributed by atoms with Crippen LogP contribution in [-0.4, -0.2) is 50.2 Å². The second-order valence-corrected chi connectivity index (χ2v) is 9.95. The molecule has 180 valence electrons. The molecular weight excluding hydrogens is 458 g/mol. The Hall–Kier alpha value is -3.39. The third kappa shape index (κ3) is 4.89. The summed E-state index contributed by atoms with van der Waals surface area (Å²) >= 11 is 1.41. The van der Waals surface area contributed by atoms with Crippen LogP contribution in [0.2, 0.25) is 0 Å². The number of nitrogens with one attached hydrogen (secondary N) is 1. The van der Waals surface area contributed by atoms with Gasteiger partial charge in [-0.15, -0.1) is 10.2 Å². The molecule has 2 aromatic carbocycles. The van der Waals surface area contributed by atoms with Gasteiger partial charge in [-0.1, -0.05) is 49.0 Å². The molecule has 0 bridgehead atoms. The van der Waals surface area contributed by atoms with E-state index in [-0.39, 0.29) is 17.7 Å². The van der Waals surface area contributed by atoms with E-state index in [4.69, 9.17) is 0 Å². The van der Waals surface area contributed by atoms with Crippen LogP contribution in [0.4, 0.5) is 5.69 Å². The van der Waals surface area contributed by atoms with Gasteiger partial charge in [0.25, 0.3) is 0 Å². The molecule has 2 amide bonds. The highest BCUT2D eigenvalue weighted by Crippen LogP contribution is 2.27.